The zero-order valence-corrected chi connectivity index (χ0v) is 7.52. The molecule has 0 spiro atoms. The molecule has 1 rings (SSSR count). The Bertz CT molecular complexity index is 352. The number of nitro benzene ring substituents is 1. The Labute approximate surface area is 81.3 Å². The number of hydrogen-bond donors (Lipinski definition) is 1. The third kappa shape index (κ3) is 3.09. The SMILES string of the molecule is O=[N+]([O-])c1ccc(NOS(=O)[O-])cc1. The van der Waals surface area contributed by atoms with Crippen LogP contribution in [0, 0.1) is 10.1 Å². The molecule has 8 heteroatoms. The zero-order valence-electron chi connectivity index (χ0n) is 6.71. The number of nitrogens with zero attached hydrogens (tertiary/aromatic N) is 1. The van der Waals surface area contributed by atoms with Crippen molar-refractivity contribution in [1.82, 2.24) is 0 Å². The summed E-state index contributed by atoms with van der Waals surface area (Å²) in [4.78, 5) is 9.67. The zero-order chi connectivity index (χ0) is 10.6. The second-order valence-corrected chi connectivity index (χ2v) is 2.77. The number of benzene rings is 1. The summed E-state index contributed by atoms with van der Waals surface area (Å²) in [5, 5.41) is 10.2. The van der Waals surface area contributed by atoms with Crippen molar-refractivity contribution < 1.29 is 18.0 Å². The Balaban J connectivity index is 2.64. The van der Waals surface area contributed by atoms with Gasteiger partial charge < -0.3 is 4.55 Å². The summed E-state index contributed by atoms with van der Waals surface area (Å²) in [5.41, 5.74) is 2.30. The van der Waals surface area contributed by atoms with E-state index in [2.05, 4.69) is 9.76 Å². The van der Waals surface area contributed by atoms with Crippen molar-refractivity contribution in [2.75, 3.05) is 5.48 Å². The molecule has 7 nitrogen and oxygen atoms in total. The molecule has 0 fully saturated rings. The van der Waals surface area contributed by atoms with Gasteiger partial charge in [-0.1, -0.05) is 0 Å². The summed E-state index contributed by atoms with van der Waals surface area (Å²) in [5.74, 6) is 0. The van der Waals surface area contributed by atoms with E-state index >= 15 is 0 Å². The van der Waals surface area contributed by atoms with Crippen LogP contribution in [0.4, 0.5) is 11.4 Å². The van der Waals surface area contributed by atoms with E-state index in [0.29, 0.717) is 5.69 Å². The first-order valence-electron chi connectivity index (χ1n) is 3.36. The average molecular weight is 217 g/mol. The monoisotopic (exact) mass is 217 g/mol. The van der Waals surface area contributed by atoms with E-state index < -0.39 is 16.3 Å². The van der Waals surface area contributed by atoms with Gasteiger partial charge in [0.15, 0.2) is 0 Å². The van der Waals surface area contributed by atoms with Crippen LogP contribution in [0.15, 0.2) is 24.3 Å². The molecule has 0 radical (unpaired) electrons. The van der Waals surface area contributed by atoms with Crippen LogP contribution in [-0.2, 0) is 15.6 Å². The van der Waals surface area contributed by atoms with Crippen LogP contribution in [0.25, 0.3) is 0 Å². The van der Waals surface area contributed by atoms with Gasteiger partial charge in [0, 0.05) is 12.1 Å². The Morgan fingerprint density at radius 1 is 1.36 bits per heavy atom. The molecule has 0 saturated heterocycles. The predicted molar refractivity (Wildman–Crippen MR) is 46.7 cm³/mol. The Hall–Kier alpha value is -1.51. The summed E-state index contributed by atoms with van der Waals surface area (Å²) < 4.78 is 23.9. The highest BCUT2D eigenvalue weighted by atomic mass is 32.2. The van der Waals surface area contributed by atoms with Gasteiger partial charge in [0.2, 0.25) is 0 Å². The molecule has 1 N–H and O–H groups in total. The number of rotatable bonds is 4. The highest BCUT2D eigenvalue weighted by molar-refractivity contribution is 7.74. The fraction of sp³-hybridized carbons (Fsp3) is 0. The van der Waals surface area contributed by atoms with Crippen LogP contribution in [0.2, 0.25) is 0 Å². The molecule has 1 aromatic carbocycles. The minimum absolute atomic E-state index is 0.0844. The Kier molecular flexibility index (Phi) is 3.51. The minimum Gasteiger partial charge on any atom is -0.748 e. The first kappa shape index (κ1) is 10.6. The standard InChI is InChI=1S/C6H6N2O5S/c9-8(10)6-3-1-5(2-4-6)7-13-14(11)12/h1-4,7H,(H,11,12)/p-1. The summed E-state index contributed by atoms with van der Waals surface area (Å²) in [6.45, 7) is 0. The van der Waals surface area contributed by atoms with E-state index in [1.54, 1.807) is 0 Å². The maximum Gasteiger partial charge on any atom is 0.269 e. The summed E-state index contributed by atoms with van der Waals surface area (Å²) in [6.07, 6.45) is 0. The molecule has 0 heterocycles. The highest BCUT2D eigenvalue weighted by Gasteiger charge is 2.03. The van der Waals surface area contributed by atoms with Crippen LogP contribution < -0.4 is 5.48 Å². The van der Waals surface area contributed by atoms with E-state index in [-0.39, 0.29) is 5.69 Å². The van der Waals surface area contributed by atoms with Gasteiger partial charge in [-0.05, 0) is 12.1 Å². The molecular formula is C6H5N2O5S-. The Morgan fingerprint density at radius 2 is 1.93 bits per heavy atom. The van der Waals surface area contributed by atoms with E-state index in [4.69, 9.17) is 0 Å². The number of hydrogen-bond acceptors (Lipinski definition) is 6. The predicted octanol–water partition coefficient (Wildman–Crippen LogP) is 0.732. The molecule has 14 heavy (non-hydrogen) atoms. The molecule has 0 aliphatic carbocycles. The van der Waals surface area contributed by atoms with Gasteiger partial charge in [-0.2, -0.15) is 4.28 Å². The second-order valence-electron chi connectivity index (χ2n) is 2.19. The van der Waals surface area contributed by atoms with Gasteiger partial charge in [-0.15, -0.1) is 0 Å². The highest BCUT2D eigenvalue weighted by Crippen LogP contribution is 2.15. The van der Waals surface area contributed by atoms with Crippen molar-refractivity contribution in [3.05, 3.63) is 34.4 Å². The van der Waals surface area contributed by atoms with Crippen molar-refractivity contribution in [3.63, 3.8) is 0 Å². The van der Waals surface area contributed by atoms with Crippen LogP contribution in [0.3, 0.4) is 0 Å². The molecule has 0 aliphatic rings. The van der Waals surface area contributed by atoms with Crippen LogP contribution >= 0.6 is 0 Å². The first-order chi connectivity index (χ1) is 6.59. The van der Waals surface area contributed by atoms with Gasteiger partial charge in [-0.3, -0.25) is 15.6 Å². The van der Waals surface area contributed by atoms with E-state index in [1.165, 1.54) is 24.3 Å². The maximum atomic E-state index is 10.2. The van der Waals surface area contributed by atoms with Crippen molar-refractivity contribution in [3.8, 4) is 0 Å². The topological polar surface area (TPSA) is 105 Å². The fourth-order valence-corrected chi connectivity index (χ4v) is 0.898. The van der Waals surface area contributed by atoms with E-state index in [1.807, 2.05) is 0 Å². The van der Waals surface area contributed by atoms with Crippen LogP contribution in [-0.4, -0.2) is 13.7 Å². The lowest BCUT2D eigenvalue weighted by molar-refractivity contribution is -0.384. The van der Waals surface area contributed by atoms with Gasteiger partial charge >= 0.3 is 0 Å². The summed E-state index contributed by atoms with van der Waals surface area (Å²) in [7, 11) is 0. The van der Waals surface area contributed by atoms with Gasteiger partial charge in [0.25, 0.3) is 5.69 Å². The summed E-state index contributed by atoms with van der Waals surface area (Å²) in [6, 6.07) is 5.09. The average Bonchev–Trinajstić information content (AvgIpc) is 2.15. The van der Waals surface area contributed by atoms with E-state index in [9.17, 15) is 18.9 Å². The van der Waals surface area contributed by atoms with Crippen molar-refractivity contribution in [1.29, 1.82) is 0 Å². The van der Waals surface area contributed by atoms with Crippen LogP contribution in [0.5, 0.6) is 0 Å². The quantitative estimate of drug-likeness (QED) is 0.453. The van der Waals surface area contributed by atoms with Crippen molar-refractivity contribution >= 4 is 22.7 Å². The van der Waals surface area contributed by atoms with Crippen molar-refractivity contribution in [2.24, 2.45) is 0 Å². The first-order valence-corrected chi connectivity index (χ1v) is 4.36. The minimum atomic E-state index is -2.68. The largest absolute Gasteiger partial charge is 0.748 e. The maximum absolute atomic E-state index is 10.2. The number of anilines is 1. The van der Waals surface area contributed by atoms with Crippen LogP contribution in [0.1, 0.15) is 0 Å². The molecule has 0 aliphatic heterocycles. The Morgan fingerprint density at radius 3 is 2.36 bits per heavy atom. The lowest BCUT2D eigenvalue weighted by Gasteiger charge is -2.06. The summed E-state index contributed by atoms with van der Waals surface area (Å²) >= 11 is -2.68. The number of nitrogens with one attached hydrogen (secondary N) is 1. The number of non-ortho nitro benzene ring substituents is 1. The van der Waals surface area contributed by atoms with Gasteiger partial charge in [0.05, 0.1) is 10.6 Å². The lowest BCUT2D eigenvalue weighted by atomic mass is 10.3. The third-order valence-corrected chi connectivity index (χ3v) is 1.53. The van der Waals surface area contributed by atoms with Crippen molar-refractivity contribution in [2.45, 2.75) is 0 Å². The molecule has 0 amide bonds. The molecule has 0 bridgehead atoms. The smallest absolute Gasteiger partial charge is 0.269 e. The molecule has 1 atom stereocenters. The third-order valence-electron chi connectivity index (χ3n) is 1.31. The lowest BCUT2D eigenvalue weighted by Crippen LogP contribution is -2.03. The molecule has 1 aromatic rings. The normalized spacial score (nSPS) is 12.1. The van der Waals surface area contributed by atoms with Gasteiger partial charge in [0.1, 0.15) is 11.4 Å². The molecule has 0 aromatic heterocycles. The number of nitro groups is 1. The van der Waals surface area contributed by atoms with Gasteiger partial charge in [-0.25, -0.2) is 4.21 Å². The molecule has 1 unspecified atom stereocenters. The second kappa shape index (κ2) is 4.65. The fourth-order valence-electron chi connectivity index (χ4n) is 0.733. The molecule has 0 saturated carbocycles. The molecule has 76 valence electrons. The molecular weight excluding hydrogens is 212 g/mol. The van der Waals surface area contributed by atoms with E-state index in [0.717, 1.165) is 0 Å².